The Morgan fingerprint density at radius 1 is 1.33 bits per heavy atom. The van der Waals surface area contributed by atoms with Gasteiger partial charge in [-0.3, -0.25) is 4.79 Å². The molecule has 1 saturated heterocycles. The van der Waals surface area contributed by atoms with Crippen molar-refractivity contribution in [1.82, 2.24) is 9.80 Å². The average molecular weight is 255 g/mol. The molecule has 0 radical (unpaired) electrons. The van der Waals surface area contributed by atoms with Crippen LogP contribution in [0.1, 0.15) is 33.6 Å². The first kappa shape index (κ1) is 15.4. The first-order chi connectivity index (χ1) is 8.41. The second-order valence-corrected chi connectivity index (χ2v) is 5.91. The van der Waals surface area contributed by atoms with E-state index in [0.717, 1.165) is 25.9 Å². The number of nitrogens with two attached hydrogens (primary N) is 1. The largest absolute Gasteiger partial charge is 0.340 e. The summed E-state index contributed by atoms with van der Waals surface area (Å²) in [4.78, 5) is 16.9. The Balaban J connectivity index is 2.80. The lowest BCUT2D eigenvalue weighted by Crippen LogP contribution is -2.47. The van der Waals surface area contributed by atoms with Gasteiger partial charge in [-0.25, -0.2) is 0 Å². The van der Waals surface area contributed by atoms with E-state index < -0.39 is 0 Å². The summed E-state index contributed by atoms with van der Waals surface area (Å²) in [6.07, 6.45) is 1.66. The highest BCUT2D eigenvalue weighted by Gasteiger charge is 2.41. The smallest absolute Gasteiger partial charge is 0.230 e. The summed E-state index contributed by atoms with van der Waals surface area (Å²) in [5, 5.41) is 0. The van der Waals surface area contributed by atoms with Crippen molar-refractivity contribution in [3.8, 4) is 0 Å². The minimum atomic E-state index is -0.346. The number of carbonyl (C=O) groups excluding carboxylic acids is 1. The van der Waals surface area contributed by atoms with Gasteiger partial charge in [0, 0.05) is 25.7 Å². The number of hydrogen-bond acceptors (Lipinski definition) is 3. The number of likely N-dealkylation sites (tertiary alicyclic amines) is 1. The van der Waals surface area contributed by atoms with Crippen molar-refractivity contribution in [1.29, 1.82) is 0 Å². The standard InChI is InChI=1S/C14H29N3O/c1-6-14(7-2,10-15)13(18)17-8-11(3)12(9-17)16(4)5/h11-12H,6-10,15H2,1-5H3. The van der Waals surface area contributed by atoms with Crippen LogP contribution in [-0.4, -0.2) is 55.5 Å². The molecular weight excluding hydrogens is 226 g/mol. The Morgan fingerprint density at radius 3 is 2.22 bits per heavy atom. The van der Waals surface area contributed by atoms with Crippen molar-refractivity contribution in [3.05, 3.63) is 0 Å². The minimum Gasteiger partial charge on any atom is -0.340 e. The molecule has 0 bridgehead atoms. The van der Waals surface area contributed by atoms with E-state index in [0.29, 0.717) is 18.5 Å². The van der Waals surface area contributed by atoms with Crippen LogP contribution in [0.25, 0.3) is 0 Å². The number of amides is 1. The fraction of sp³-hybridized carbons (Fsp3) is 0.929. The Kier molecular flexibility index (Phi) is 5.17. The summed E-state index contributed by atoms with van der Waals surface area (Å²) in [7, 11) is 4.18. The summed E-state index contributed by atoms with van der Waals surface area (Å²) < 4.78 is 0. The van der Waals surface area contributed by atoms with Crippen LogP contribution in [-0.2, 0) is 4.79 Å². The molecule has 1 fully saturated rings. The molecule has 1 aliphatic heterocycles. The van der Waals surface area contributed by atoms with Gasteiger partial charge in [0.2, 0.25) is 5.91 Å². The van der Waals surface area contributed by atoms with E-state index in [-0.39, 0.29) is 11.3 Å². The molecule has 0 aliphatic carbocycles. The van der Waals surface area contributed by atoms with Gasteiger partial charge in [0.15, 0.2) is 0 Å². The van der Waals surface area contributed by atoms with Crippen LogP contribution in [0, 0.1) is 11.3 Å². The van der Waals surface area contributed by atoms with Crippen LogP contribution in [0.15, 0.2) is 0 Å². The predicted octanol–water partition coefficient (Wildman–Crippen LogP) is 1.16. The maximum atomic E-state index is 12.7. The van der Waals surface area contributed by atoms with Gasteiger partial charge in [0.1, 0.15) is 0 Å². The summed E-state index contributed by atoms with van der Waals surface area (Å²) in [6.45, 7) is 8.52. The Labute approximate surface area is 111 Å². The number of hydrogen-bond donors (Lipinski definition) is 1. The Morgan fingerprint density at radius 2 is 1.89 bits per heavy atom. The molecule has 1 heterocycles. The second kappa shape index (κ2) is 6.02. The number of carbonyl (C=O) groups is 1. The van der Waals surface area contributed by atoms with Gasteiger partial charge in [0.25, 0.3) is 0 Å². The van der Waals surface area contributed by atoms with Crippen molar-refractivity contribution in [2.75, 3.05) is 33.7 Å². The molecule has 4 nitrogen and oxygen atoms in total. The fourth-order valence-corrected chi connectivity index (χ4v) is 3.05. The topological polar surface area (TPSA) is 49.6 Å². The fourth-order valence-electron chi connectivity index (χ4n) is 3.05. The van der Waals surface area contributed by atoms with Crippen LogP contribution in [0.3, 0.4) is 0 Å². The highest BCUT2D eigenvalue weighted by atomic mass is 16.2. The van der Waals surface area contributed by atoms with E-state index >= 15 is 0 Å². The molecule has 18 heavy (non-hydrogen) atoms. The van der Waals surface area contributed by atoms with Crippen LogP contribution in [0.4, 0.5) is 0 Å². The molecular formula is C14H29N3O. The molecule has 0 saturated carbocycles. The number of nitrogens with zero attached hydrogens (tertiary/aromatic N) is 2. The molecule has 2 unspecified atom stereocenters. The zero-order valence-corrected chi connectivity index (χ0v) is 12.6. The molecule has 0 aromatic rings. The Bertz CT molecular complexity index is 278. The SMILES string of the molecule is CCC(CC)(CN)C(=O)N1CC(C)C(N(C)C)C1. The molecule has 1 amide bonds. The van der Waals surface area contributed by atoms with Gasteiger partial charge in [-0.15, -0.1) is 0 Å². The molecule has 2 N–H and O–H groups in total. The lowest BCUT2D eigenvalue weighted by Gasteiger charge is -2.33. The van der Waals surface area contributed by atoms with Crippen molar-refractivity contribution >= 4 is 5.91 Å². The third-order valence-corrected chi connectivity index (χ3v) is 4.72. The molecule has 0 spiro atoms. The lowest BCUT2D eigenvalue weighted by molar-refractivity contribution is -0.141. The molecule has 1 rings (SSSR count). The monoisotopic (exact) mass is 255 g/mol. The molecule has 0 aromatic carbocycles. The van der Waals surface area contributed by atoms with E-state index in [1.54, 1.807) is 0 Å². The quantitative estimate of drug-likeness (QED) is 0.802. The van der Waals surface area contributed by atoms with Gasteiger partial charge < -0.3 is 15.5 Å². The van der Waals surface area contributed by atoms with Crippen molar-refractivity contribution < 1.29 is 4.79 Å². The van der Waals surface area contributed by atoms with E-state index in [1.807, 2.05) is 4.90 Å². The van der Waals surface area contributed by atoms with E-state index in [1.165, 1.54) is 0 Å². The highest BCUT2D eigenvalue weighted by Crippen LogP contribution is 2.31. The second-order valence-electron chi connectivity index (χ2n) is 5.91. The molecule has 0 aromatic heterocycles. The predicted molar refractivity (Wildman–Crippen MR) is 75.3 cm³/mol. The van der Waals surface area contributed by atoms with Crippen molar-refractivity contribution in [3.63, 3.8) is 0 Å². The molecule has 2 atom stereocenters. The number of rotatable bonds is 5. The zero-order chi connectivity index (χ0) is 13.9. The average Bonchev–Trinajstić information content (AvgIpc) is 2.74. The summed E-state index contributed by atoms with van der Waals surface area (Å²) >= 11 is 0. The van der Waals surface area contributed by atoms with E-state index in [2.05, 4.69) is 39.8 Å². The first-order valence-corrected chi connectivity index (χ1v) is 7.07. The summed E-state index contributed by atoms with van der Waals surface area (Å²) in [6, 6.07) is 0.470. The Hall–Kier alpha value is -0.610. The molecule has 4 heteroatoms. The van der Waals surface area contributed by atoms with Crippen LogP contribution >= 0.6 is 0 Å². The molecule has 1 aliphatic rings. The maximum absolute atomic E-state index is 12.7. The van der Waals surface area contributed by atoms with Crippen molar-refractivity contribution in [2.45, 2.75) is 39.7 Å². The van der Waals surface area contributed by atoms with Gasteiger partial charge in [-0.2, -0.15) is 0 Å². The third kappa shape index (κ3) is 2.69. The van der Waals surface area contributed by atoms with E-state index in [4.69, 9.17) is 5.73 Å². The summed E-state index contributed by atoms with van der Waals surface area (Å²) in [5.41, 5.74) is 5.52. The van der Waals surface area contributed by atoms with Crippen LogP contribution < -0.4 is 5.73 Å². The maximum Gasteiger partial charge on any atom is 0.230 e. The van der Waals surface area contributed by atoms with Gasteiger partial charge in [0.05, 0.1) is 5.41 Å². The highest BCUT2D eigenvalue weighted by molar-refractivity contribution is 5.83. The lowest BCUT2D eigenvalue weighted by atomic mass is 9.81. The summed E-state index contributed by atoms with van der Waals surface area (Å²) in [5.74, 6) is 0.791. The number of likely N-dealkylation sites (N-methyl/N-ethyl adjacent to an activating group) is 1. The van der Waals surface area contributed by atoms with Gasteiger partial charge in [-0.1, -0.05) is 20.8 Å². The van der Waals surface area contributed by atoms with Crippen LogP contribution in [0.5, 0.6) is 0 Å². The van der Waals surface area contributed by atoms with E-state index in [9.17, 15) is 4.79 Å². The van der Waals surface area contributed by atoms with Crippen LogP contribution in [0.2, 0.25) is 0 Å². The molecule has 106 valence electrons. The van der Waals surface area contributed by atoms with Gasteiger partial charge in [-0.05, 0) is 32.9 Å². The van der Waals surface area contributed by atoms with Gasteiger partial charge >= 0.3 is 0 Å². The first-order valence-electron chi connectivity index (χ1n) is 7.07. The zero-order valence-electron chi connectivity index (χ0n) is 12.6. The normalized spacial score (nSPS) is 24.9. The minimum absolute atomic E-state index is 0.256. The third-order valence-electron chi connectivity index (χ3n) is 4.72. The van der Waals surface area contributed by atoms with Crippen molar-refractivity contribution in [2.24, 2.45) is 17.1 Å².